The van der Waals surface area contributed by atoms with Gasteiger partial charge in [0.15, 0.2) is 0 Å². The Labute approximate surface area is 82.5 Å². The summed E-state index contributed by atoms with van der Waals surface area (Å²) in [5.41, 5.74) is 0.898. The van der Waals surface area contributed by atoms with E-state index >= 15 is 0 Å². The van der Waals surface area contributed by atoms with Gasteiger partial charge in [-0.2, -0.15) is 0 Å². The van der Waals surface area contributed by atoms with Crippen molar-refractivity contribution in [3.05, 3.63) is 35.4 Å². The molecule has 0 radical (unpaired) electrons. The van der Waals surface area contributed by atoms with Crippen LogP contribution in [0, 0.1) is 0 Å². The normalized spacial score (nSPS) is 10.4. The molecule has 5 nitrogen and oxygen atoms in total. The Hall–Kier alpha value is -1.40. The second kappa shape index (κ2) is 4.73. The van der Waals surface area contributed by atoms with Crippen molar-refractivity contribution in [1.82, 2.24) is 4.72 Å². The summed E-state index contributed by atoms with van der Waals surface area (Å²) in [7, 11) is -2.61. The minimum Gasteiger partial charge on any atom is -0.478 e. The van der Waals surface area contributed by atoms with Gasteiger partial charge >= 0.3 is 5.97 Å². The van der Waals surface area contributed by atoms with E-state index in [9.17, 15) is 13.2 Å². The second-order valence-corrected chi connectivity index (χ2v) is 3.42. The molecule has 0 aliphatic heterocycles. The number of rotatable bonds is 4. The van der Waals surface area contributed by atoms with Crippen molar-refractivity contribution in [3.8, 4) is 0 Å². The lowest BCUT2D eigenvalue weighted by molar-refractivity contribution is 0.0697. The van der Waals surface area contributed by atoms with E-state index < -0.39 is 16.9 Å². The molecule has 1 rings (SSSR count). The molecule has 0 heterocycles. The molecule has 1 aromatic carbocycles. The lowest BCUT2D eigenvalue weighted by Crippen LogP contribution is -2.10. The Morgan fingerprint density at radius 2 is 1.86 bits per heavy atom. The highest BCUT2D eigenvalue weighted by Gasteiger charge is 2.01. The standard InChI is InChI=1S/C8H9NO4S/c10-8(11)7-3-1-6(2-4-7)5-9-14(12)13/h1-4,14H,5H2,(H,10,11)(H,9,12,13). The van der Waals surface area contributed by atoms with Gasteiger partial charge in [0, 0.05) is 6.54 Å². The van der Waals surface area contributed by atoms with Crippen molar-refractivity contribution in [1.29, 1.82) is 0 Å². The number of carbonyl (C=O) groups is 1. The highest BCUT2D eigenvalue weighted by Crippen LogP contribution is 2.03. The number of carboxylic acid groups (broad SMARTS) is 1. The number of hydrogen-bond donors (Lipinski definition) is 3. The fraction of sp³-hybridized carbons (Fsp3) is 0.125. The molecule has 0 unspecified atom stereocenters. The summed E-state index contributed by atoms with van der Waals surface area (Å²) in [6.45, 7) is 0.179. The monoisotopic (exact) mass is 215 g/mol. The van der Waals surface area contributed by atoms with Gasteiger partial charge in [-0.1, -0.05) is 12.1 Å². The Kier molecular flexibility index (Phi) is 3.61. The van der Waals surface area contributed by atoms with Crippen molar-refractivity contribution in [2.75, 3.05) is 0 Å². The van der Waals surface area contributed by atoms with Gasteiger partial charge in [0.2, 0.25) is 10.9 Å². The van der Waals surface area contributed by atoms with Gasteiger partial charge in [0.05, 0.1) is 5.56 Å². The van der Waals surface area contributed by atoms with Gasteiger partial charge in [0.1, 0.15) is 0 Å². The molecule has 76 valence electrons. The van der Waals surface area contributed by atoms with Gasteiger partial charge in [-0.15, -0.1) is 0 Å². The molecular weight excluding hydrogens is 206 g/mol. The predicted molar refractivity (Wildman–Crippen MR) is 50.6 cm³/mol. The maximum Gasteiger partial charge on any atom is 0.335 e. The Morgan fingerprint density at radius 3 is 2.29 bits per heavy atom. The van der Waals surface area contributed by atoms with E-state index in [0.717, 1.165) is 0 Å². The largest absolute Gasteiger partial charge is 0.478 e. The lowest BCUT2D eigenvalue weighted by atomic mass is 10.1. The number of thiol groups is 1. The lowest BCUT2D eigenvalue weighted by Gasteiger charge is -1.99. The maximum absolute atomic E-state index is 10.5. The average molecular weight is 215 g/mol. The van der Waals surface area contributed by atoms with Crippen LogP contribution in [0.25, 0.3) is 0 Å². The van der Waals surface area contributed by atoms with E-state index in [4.69, 9.17) is 5.11 Å². The van der Waals surface area contributed by atoms with Gasteiger partial charge in [-0.25, -0.2) is 17.9 Å². The zero-order chi connectivity index (χ0) is 10.6. The second-order valence-electron chi connectivity index (χ2n) is 2.59. The highest BCUT2D eigenvalue weighted by molar-refractivity contribution is 7.70. The third kappa shape index (κ3) is 3.15. The van der Waals surface area contributed by atoms with Crippen LogP contribution in [0.4, 0.5) is 0 Å². The maximum atomic E-state index is 10.5. The van der Waals surface area contributed by atoms with E-state index in [1.807, 2.05) is 0 Å². The smallest absolute Gasteiger partial charge is 0.335 e. The van der Waals surface area contributed by atoms with Crippen LogP contribution in [0.2, 0.25) is 0 Å². The summed E-state index contributed by atoms with van der Waals surface area (Å²) in [5.74, 6) is -1.00. The third-order valence-corrected chi connectivity index (χ3v) is 2.03. The first kappa shape index (κ1) is 10.7. The van der Waals surface area contributed by atoms with Crippen molar-refractivity contribution in [2.24, 2.45) is 0 Å². The van der Waals surface area contributed by atoms with E-state index in [0.29, 0.717) is 5.56 Å². The van der Waals surface area contributed by atoms with E-state index in [-0.39, 0.29) is 12.1 Å². The van der Waals surface area contributed by atoms with Gasteiger partial charge < -0.3 is 5.11 Å². The van der Waals surface area contributed by atoms with Crippen molar-refractivity contribution >= 4 is 16.9 Å². The van der Waals surface area contributed by atoms with Crippen LogP contribution in [0.15, 0.2) is 24.3 Å². The number of benzene rings is 1. The molecule has 0 atom stereocenters. The molecule has 0 fully saturated rings. The molecule has 0 saturated heterocycles. The number of carboxylic acids is 1. The predicted octanol–water partition coefficient (Wildman–Crippen LogP) is 0.000800. The molecule has 0 bridgehead atoms. The zero-order valence-electron chi connectivity index (χ0n) is 7.14. The van der Waals surface area contributed by atoms with Crippen LogP contribution in [0.3, 0.4) is 0 Å². The van der Waals surface area contributed by atoms with Crippen LogP contribution in [-0.4, -0.2) is 19.5 Å². The SMILES string of the molecule is O=C(O)c1ccc(CN[SH](=O)=O)cc1. The molecule has 0 aliphatic carbocycles. The molecule has 0 aromatic heterocycles. The van der Waals surface area contributed by atoms with Crippen LogP contribution < -0.4 is 4.72 Å². The quantitative estimate of drug-likeness (QED) is 0.617. The van der Waals surface area contributed by atoms with Crippen molar-refractivity contribution in [2.45, 2.75) is 6.54 Å². The Morgan fingerprint density at radius 1 is 1.29 bits per heavy atom. The summed E-state index contributed by atoms with van der Waals surface area (Å²) >= 11 is 0. The number of nitrogens with one attached hydrogen (secondary N) is 1. The van der Waals surface area contributed by atoms with Crippen LogP contribution in [-0.2, 0) is 17.4 Å². The number of hydrogen-bond acceptors (Lipinski definition) is 3. The molecule has 0 saturated carbocycles. The Balaban J connectivity index is 2.68. The molecule has 2 N–H and O–H groups in total. The zero-order valence-corrected chi connectivity index (χ0v) is 8.03. The van der Waals surface area contributed by atoms with Crippen LogP contribution >= 0.6 is 0 Å². The minimum atomic E-state index is -2.61. The molecular formula is C8H9NO4S. The third-order valence-electron chi connectivity index (χ3n) is 1.61. The summed E-state index contributed by atoms with van der Waals surface area (Å²) in [6, 6.07) is 5.99. The minimum absolute atomic E-state index is 0.179. The Bertz CT molecular complexity index is 388. The summed E-state index contributed by atoms with van der Waals surface area (Å²) < 4.78 is 22.6. The first-order valence-corrected chi connectivity index (χ1v) is 4.97. The number of aromatic carboxylic acids is 1. The molecule has 0 aliphatic rings. The van der Waals surface area contributed by atoms with Gasteiger partial charge in [-0.05, 0) is 17.7 Å². The summed E-state index contributed by atoms with van der Waals surface area (Å²) in [4.78, 5) is 10.5. The fourth-order valence-electron chi connectivity index (χ4n) is 0.921. The van der Waals surface area contributed by atoms with E-state index in [1.54, 1.807) is 12.1 Å². The summed E-state index contributed by atoms with van der Waals surface area (Å²) in [6.07, 6.45) is 0. The molecule has 6 heteroatoms. The van der Waals surface area contributed by atoms with Gasteiger partial charge in [-0.3, -0.25) is 0 Å². The molecule has 1 aromatic rings. The van der Waals surface area contributed by atoms with Crippen LogP contribution in [0.1, 0.15) is 15.9 Å². The first-order chi connectivity index (χ1) is 6.59. The fourth-order valence-corrected chi connectivity index (χ4v) is 1.23. The average Bonchev–Trinajstić information content (AvgIpc) is 2.15. The molecule has 0 amide bonds. The topological polar surface area (TPSA) is 83.5 Å². The van der Waals surface area contributed by atoms with Gasteiger partial charge in [0.25, 0.3) is 0 Å². The van der Waals surface area contributed by atoms with Crippen LogP contribution in [0.5, 0.6) is 0 Å². The first-order valence-electron chi connectivity index (χ1n) is 3.79. The van der Waals surface area contributed by atoms with E-state index in [2.05, 4.69) is 4.72 Å². The van der Waals surface area contributed by atoms with Crippen molar-refractivity contribution in [3.63, 3.8) is 0 Å². The highest BCUT2D eigenvalue weighted by atomic mass is 32.2. The molecule has 0 spiro atoms. The molecule has 14 heavy (non-hydrogen) atoms. The van der Waals surface area contributed by atoms with E-state index in [1.165, 1.54) is 12.1 Å². The van der Waals surface area contributed by atoms with Crippen molar-refractivity contribution < 1.29 is 18.3 Å². The summed E-state index contributed by atoms with van der Waals surface area (Å²) in [5, 5.41) is 8.58.